The molecule has 1 atom stereocenters. The van der Waals surface area contributed by atoms with Crippen LogP contribution in [0.5, 0.6) is 5.75 Å². The van der Waals surface area contributed by atoms with Gasteiger partial charge in [0.05, 0.1) is 12.2 Å². The summed E-state index contributed by atoms with van der Waals surface area (Å²) in [5.41, 5.74) is 9.83. The maximum Gasteiger partial charge on any atom is 0.270 e. The van der Waals surface area contributed by atoms with Crippen molar-refractivity contribution < 1.29 is 14.3 Å². The number of hydrogen-bond donors (Lipinski definition) is 1. The summed E-state index contributed by atoms with van der Waals surface area (Å²) in [5, 5.41) is 0.206. The molecule has 2 aliphatic rings. The number of carbonyl (C=O) groups is 2. The Labute approximate surface area is 231 Å². The summed E-state index contributed by atoms with van der Waals surface area (Å²) < 4.78 is 6.05. The predicted molar refractivity (Wildman–Crippen MR) is 150 cm³/mol. The van der Waals surface area contributed by atoms with Crippen molar-refractivity contribution in [2.45, 2.75) is 19.0 Å². The molecule has 9 heteroatoms. The molecule has 0 saturated carbocycles. The van der Waals surface area contributed by atoms with Crippen LogP contribution >= 0.6 is 11.6 Å². The molecule has 2 N–H and O–H groups in total. The third-order valence-corrected chi connectivity index (χ3v) is 6.98. The zero-order valence-electron chi connectivity index (χ0n) is 21.3. The summed E-state index contributed by atoms with van der Waals surface area (Å²) in [4.78, 5) is 38.2. The van der Waals surface area contributed by atoms with Gasteiger partial charge in [0.1, 0.15) is 29.3 Å². The second-order valence-corrected chi connectivity index (χ2v) is 9.49. The van der Waals surface area contributed by atoms with Crippen LogP contribution in [-0.2, 0) is 16.1 Å². The Kier molecular flexibility index (Phi) is 7.62. The van der Waals surface area contributed by atoms with Gasteiger partial charge in [-0.3, -0.25) is 19.6 Å². The van der Waals surface area contributed by atoms with Crippen LogP contribution in [0.2, 0.25) is 0 Å². The molecule has 5 rings (SSSR count). The maximum atomic E-state index is 13.4. The molecular formula is C30H26ClN5O3. The van der Waals surface area contributed by atoms with Gasteiger partial charge in [-0.05, 0) is 42.3 Å². The number of nitrogens with zero attached hydrogens (tertiary/aromatic N) is 4. The van der Waals surface area contributed by atoms with E-state index in [0.29, 0.717) is 30.0 Å². The fourth-order valence-corrected chi connectivity index (χ4v) is 4.73. The molecule has 3 heterocycles. The molecule has 2 aromatic carbocycles. The summed E-state index contributed by atoms with van der Waals surface area (Å²) in [5.74, 6) is 5.94. The third-order valence-electron chi connectivity index (χ3n) is 6.63. The number of hydrogen-bond acceptors (Lipinski definition) is 6. The van der Waals surface area contributed by atoms with E-state index in [-0.39, 0.29) is 29.9 Å². The molecule has 3 aromatic rings. The summed E-state index contributed by atoms with van der Waals surface area (Å²) >= 11 is 6.45. The average molecular weight is 540 g/mol. The zero-order valence-corrected chi connectivity index (χ0v) is 22.1. The van der Waals surface area contributed by atoms with E-state index in [2.05, 4.69) is 21.8 Å². The smallest absolute Gasteiger partial charge is 0.270 e. The molecule has 0 aliphatic carbocycles. The highest BCUT2D eigenvalue weighted by Gasteiger charge is 2.39. The first kappa shape index (κ1) is 26.0. The minimum Gasteiger partial charge on any atom is -0.489 e. The Balaban J connectivity index is 1.33. The van der Waals surface area contributed by atoms with E-state index < -0.39 is 11.9 Å². The fraction of sp³-hybridized carbons (Fsp3) is 0.200. The van der Waals surface area contributed by atoms with Gasteiger partial charge in [-0.1, -0.05) is 53.8 Å². The van der Waals surface area contributed by atoms with Crippen LogP contribution in [0.4, 0.5) is 5.69 Å². The van der Waals surface area contributed by atoms with Gasteiger partial charge >= 0.3 is 0 Å². The van der Waals surface area contributed by atoms with Crippen molar-refractivity contribution in [1.82, 2.24) is 9.88 Å². The number of nitrogens with two attached hydrogens (primary N) is 1. The lowest BCUT2D eigenvalue weighted by molar-refractivity contribution is -0.137. The van der Waals surface area contributed by atoms with Crippen LogP contribution in [0.15, 0.2) is 89.3 Å². The molecule has 0 spiro atoms. The number of fused-ring (bicyclic) bond motifs is 1. The summed E-state index contributed by atoms with van der Waals surface area (Å²) in [6, 6.07) is 17.9. The van der Waals surface area contributed by atoms with Crippen LogP contribution in [0.25, 0.3) is 0 Å². The summed E-state index contributed by atoms with van der Waals surface area (Å²) in [6.45, 7) is 0.624. The highest BCUT2D eigenvalue weighted by Crippen LogP contribution is 2.33. The molecule has 2 aliphatic heterocycles. The maximum absolute atomic E-state index is 13.4. The predicted octanol–water partition coefficient (Wildman–Crippen LogP) is 3.49. The van der Waals surface area contributed by atoms with E-state index in [4.69, 9.17) is 22.1 Å². The lowest BCUT2D eigenvalue weighted by atomic mass is 10.0. The molecule has 196 valence electrons. The number of aliphatic imine (C=N–C) groups is 1. The van der Waals surface area contributed by atoms with Crippen molar-refractivity contribution in [1.29, 1.82) is 0 Å². The number of rotatable bonds is 4. The van der Waals surface area contributed by atoms with Crippen molar-refractivity contribution in [2.24, 2.45) is 10.7 Å². The highest BCUT2D eigenvalue weighted by atomic mass is 35.5. The molecule has 2 amide bonds. The quantitative estimate of drug-likeness (QED) is 0.404. The second-order valence-electron chi connectivity index (χ2n) is 9.13. The van der Waals surface area contributed by atoms with E-state index in [1.807, 2.05) is 48.5 Å². The molecule has 0 fully saturated rings. The number of halogens is 1. The highest BCUT2D eigenvalue weighted by molar-refractivity contribution is 6.69. The number of ether oxygens (including phenoxy) is 1. The monoisotopic (exact) mass is 539 g/mol. The second kappa shape index (κ2) is 11.4. The summed E-state index contributed by atoms with van der Waals surface area (Å²) in [6.07, 6.45) is 3.76. The van der Waals surface area contributed by atoms with Crippen molar-refractivity contribution in [3.8, 4) is 17.6 Å². The lowest BCUT2D eigenvalue weighted by Crippen LogP contribution is -2.55. The van der Waals surface area contributed by atoms with Gasteiger partial charge in [-0.25, -0.2) is 0 Å². The number of aromatic nitrogens is 1. The van der Waals surface area contributed by atoms with Gasteiger partial charge in [0.15, 0.2) is 0 Å². The number of amides is 2. The van der Waals surface area contributed by atoms with E-state index in [0.717, 1.165) is 16.7 Å². The molecule has 0 bridgehead atoms. The van der Waals surface area contributed by atoms with E-state index in [1.165, 1.54) is 9.80 Å². The van der Waals surface area contributed by atoms with Crippen molar-refractivity contribution in [2.75, 3.05) is 25.1 Å². The molecule has 0 radical (unpaired) electrons. The van der Waals surface area contributed by atoms with Crippen LogP contribution in [-0.4, -0.2) is 53.1 Å². The van der Waals surface area contributed by atoms with Crippen molar-refractivity contribution >= 4 is 34.3 Å². The third kappa shape index (κ3) is 5.64. The standard InChI is InChI=1S/C30H26ClN5O3/c1-35-24-12-11-20(9-10-22-8-5-14-33-17-22)16-26(24)39-19-25(29(35)37)36-15-13-23(27(32)30(36)38)28(31)34-18-21-6-3-2-4-7-21/h2-8,11-12,14,16-17,25H,13,15,18-19,32H2,1H3. The number of pyridine rings is 1. The first-order valence-electron chi connectivity index (χ1n) is 12.4. The number of carbonyl (C=O) groups excluding carboxylic acids is 2. The van der Waals surface area contributed by atoms with Gasteiger partial charge in [0.25, 0.3) is 11.8 Å². The van der Waals surface area contributed by atoms with E-state index >= 15 is 0 Å². The Hall–Kier alpha value is -4.61. The minimum atomic E-state index is -0.847. The average Bonchev–Trinajstić information content (AvgIpc) is 3.09. The molecular weight excluding hydrogens is 514 g/mol. The normalized spacial score (nSPS) is 17.7. The Morgan fingerprint density at radius 1 is 1.13 bits per heavy atom. The van der Waals surface area contributed by atoms with E-state index in [1.54, 1.807) is 31.6 Å². The summed E-state index contributed by atoms with van der Waals surface area (Å²) in [7, 11) is 1.66. The largest absolute Gasteiger partial charge is 0.489 e. The van der Waals surface area contributed by atoms with Crippen LogP contribution in [0.1, 0.15) is 23.1 Å². The topological polar surface area (TPSA) is 101 Å². The number of benzene rings is 2. The molecule has 1 unspecified atom stereocenters. The van der Waals surface area contributed by atoms with Gasteiger partial charge < -0.3 is 20.3 Å². The van der Waals surface area contributed by atoms with Gasteiger partial charge in [-0.2, -0.15) is 0 Å². The molecule has 39 heavy (non-hydrogen) atoms. The zero-order chi connectivity index (χ0) is 27.4. The van der Waals surface area contributed by atoms with Gasteiger partial charge in [0, 0.05) is 42.7 Å². The first-order valence-corrected chi connectivity index (χ1v) is 12.8. The Morgan fingerprint density at radius 2 is 1.92 bits per heavy atom. The first-order chi connectivity index (χ1) is 18.9. The Morgan fingerprint density at radius 3 is 2.69 bits per heavy atom. The molecule has 8 nitrogen and oxygen atoms in total. The molecule has 0 saturated heterocycles. The lowest BCUT2D eigenvalue weighted by Gasteiger charge is -2.34. The Bertz CT molecular complexity index is 1530. The molecule has 1 aromatic heterocycles. The van der Waals surface area contributed by atoms with Crippen molar-refractivity contribution in [3.63, 3.8) is 0 Å². The van der Waals surface area contributed by atoms with Crippen LogP contribution < -0.4 is 15.4 Å². The SMILES string of the molecule is CN1C(=O)C(N2CCC(C(Cl)=NCc3ccccc3)=C(N)C2=O)COc2cc(C#Cc3cccnc3)ccc21. The van der Waals surface area contributed by atoms with Crippen LogP contribution in [0, 0.1) is 11.8 Å². The van der Waals surface area contributed by atoms with Crippen LogP contribution in [0.3, 0.4) is 0 Å². The van der Waals surface area contributed by atoms with Crippen molar-refractivity contribution in [3.05, 3.63) is 101 Å². The van der Waals surface area contributed by atoms with E-state index in [9.17, 15) is 9.59 Å². The van der Waals surface area contributed by atoms with Gasteiger partial charge in [0.2, 0.25) is 0 Å². The number of likely N-dealkylation sites (N-methyl/N-ethyl adjacent to an activating group) is 1. The van der Waals surface area contributed by atoms with Gasteiger partial charge in [-0.15, -0.1) is 0 Å². The fourth-order valence-electron chi connectivity index (χ4n) is 4.47. The number of anilines is 1. The minimum absolute atomic E-state index is 0.00626.